The predicted molar refractivity (Wildman–Crippen MR) is 67.9 cm³/mol. The number of rotatable bonds is 0. The largest absolute Gasteiger partial charge is 0.381 e. The van der Waals surface area contributed by atoms with E-state index in [1.807, 2.05) is 6.92 Å². The number of hydrogen-bond acceptors (Lipinski definition) is 2. The molecule has 16 heavy (non-hydrogen) atoms. The maximum absolute atomic E-state index is 4.66. The second-order valence-corrected chi connectivity index (χ2v) is 4.71. The van der Waals surface area contributed by atoms with Crippen molar-refractivity contribution in [2.75, 3.05) is 5.32 Å². The van der Waals surface area contributed by atoms with E-state index >= 15 is 0 Å². The summed E-state index contributed by atoms with van der Waals surface area (Å²) in [5.74, 6) is 0. The summed E-state index contributed by atoms with van der Waals surface area (Å²) < 4.78 is 0. The molecule has 1 aromatic heterocycles. The SMILES string of the molecule is Cc1ccc2ccc3c(c2n1)N[C@H](C)CC3. The van der Waals surface area contributed by atoms with Crippen LogP contribution in [-0.2, 0) is 6.42 Å². The zero-order chi connectivity index (χ0) is 11.1. The van der Waals surface area contributed by atoms with E-state index in [0.717, 1.165) is 17.6 Å². The van der Waals surface area contributed by atoms with Crippen molar-refractivity contribution in [3.05, 3.63) is 35.5 Å². The average Bonchev–Trinajstić information content (AvgIpc) is 2.29. The fourth-order valence-corrected chi connectivity index (χ4v) is 2.39. The molecule has 0 amide bonds. The summed E-state index contributed by atoms with van der Waals surface area (Å²) in [6, 6.07) is 9.19. The van der Waals surface area contributed by atoms with Crippen molar-refractivity contribution in [3.8, 4) is 0 Å². The van der Waals surface area contributed by atoms with Crippen LogP contribution < -0.4 is 5.32 Å². The van der Waals surface area contributed by atoms with Crippen LogP contribution in [0.4, 0.5) is 5.69 Å². The lowest BCUT2D eigenvalue weighted by molar-refractivity contribution is 0.682. The Morgan fingerprint density at radius 2 is 2.06 bits per heavy atom. The van der Waals surface area contributed by atoms with Crippen LogP contribution in [0.3, 0.4) is 0 Å². The number of aryl methyl sites for hydroxylation is 2. The van der Waals surface area contributed by atoms with Gasteiger partial charge in [0.25, 0.3) is 0 Å². The van der Waals surface area contributed by atoms with Gasteiger partial charge in [0.2, 0.25) is 0 Å². The van der Waals surface area contributed by atoms with E-state index in [9.17, 15) is 0 Å². The van der Waals surface area contributed by atoms with Gasteiger partial charge >= 0.3 is 0 Å². The Labute approximate surface area is 95.7 Å². The van der Waals surface area contributed by atoms with Crippen LogP contribution in [0.2, 0.25) is 0 Å². The van der Waals surface area contributed by atoms with Crippen molar-refractivity contribution in [2.24, 2.45) is 0 Å². The quantitative estimate of drug-likeness (QED) is 0.724. The third kappa shape index (κ3) is 1.45. The topological polar surface area (TPSA) is 24.9 Å². The monoisotopic (exact) mass is 212 g/mol. The minimum Gasteiger partial charge on any atom is -0.381 e. The maximum atomic E-state index is 4.66. The molecule has 2 heterocycles. The molecule has 0 aliphatic carbocycles. The Hall–Kier alpha value is -1.57. The molecule has 0 fully saturated rings. The molecule has 0 bridgehead atoms. The third-order valence-corrected chi connectivity index (χ3v) is 3.33. The summed E-state index contributed by atoms with van der Waals surface area (Å²) in [6.07, 6.45) is 2.37. The van der Waals surface area contributed by atoms with E-state index in [4.69, 9.17) is 0 Å². The Bertz CT molecular complexity index is 546. The molecule has 1 atom stereocenters. The van der Waals surface area contributed by atoms with E-state index in [0.29, 0.717) is 6.04 Å². The molecule has 0 saturated carbocycles. The predicted octanol–water partition coefficient (Wildman–Crippen LogP) is 3.29. The lowest BCUT2D eigenvalue weighted by atomic mass is 9.97. The van der Waals surface area contributed by atoms with Crippen LogP contribution >= 0.6 is 0 Å². The van der Waals surface area contributed by atoms with Crippen LogP contribution in [0.25, 0.3) is 10.9 Å². The summed E-state index contributed by atoms with van der Waals surface area (Å²) in [7, 11) is 0. The lowest BCUT2D eigenvalue weighted by Gasteiger charge is -2.25. The third-order valence-electron chi connectivity index (χ3n) is 3.33. The molecule has 0 saturated heterocycles. The number of anilines is 1. The molecular weight excluding hydrogens is 196 g/mol. The molecule has 0 unspecified atom stereocenters. The van der Waals surface area contributed by atoms with Gasteiger partial charge in [0.05, 0.1) is 11.2 Å². The molecule has 2 nitrogen and oxygen atoms in total. The fourth-order valence-electron chi connectivity index (χ4n) is 2.39. The highest BCUT2D eigenvalue weighted by molar-refractivity contribution is 5.92. The first kappa shape index (κ1) is 9.64. The molecule has 0 spiro atoms. The Kier molecular flexibility index (Phi) is 2.10. The highest BCUT2D eigenvalue weighted by Crippen LogP contribution is 2.31. The van der Waals surface area contributed by atoms with Crippen molar-refractivity contribution in [1.82, 2.24) is 4.98 Å². The van der Waals surface area contributed by atoms with Crippen molar-refractivity contribution in [3.63, 3.8) is 0 Å². The lowest BCUT2D eigenvalue weighted by Crippen LogP contribution is -2.22. The van der Waals surface area contributed by atoms with E-state index in [2.05, 4.69) is 41.5 Å². The number of aromatic nitrogens is 1. The van der Waals surface area contributed by atoms with E-state index in [1.54, 1.807) is 0 Å². The van der Waals surface area contributed by atoms with Gasteiger partial charge in [0.15, 0.2) is 0 Å². The zero-order valence-electron chi connectivity index (χ0n) is 9.75. The maximum Gasteiger partial charge on any atom is 0.0939 e. The minimum atomic E-state index is 0.556. The molecule has 1 aliphatic heterocycles. The van der Waals surface area contributed by atoms with E-state index in [-0.39, 0.29) is 0 Å². The summed E-state index contributed by atoms with van der Waals surface area (Å²) >= 11 is 0. The van der Waals surface area contributed by atoms with Crippen molar-refractivity contribution >= 4 is 16.6 Å². The van der Waals surface area contributed by atoms with Gasteiger partial charge in [-0.15, -0.1) is 0 Å². The highest BCUT2D eigenvalue weighted by Gasteiger charge is 2.16. The first-order valence-corrected chi connectivity index (χ1v) is 5.90. The summed E-state index contributed by atoms with van der Waals surface area (Å²) in [5, 5.41) is 4.80. The molecule has 3 rings (SSSR count). The van der Waals surface area contributed by atoms with Crippen LogP contribution in [0.15, 0.2) is 24.3 Å². The molecule has 82 valence electrons. The van der Waals surface area contributed by atoms with Crippen molar-refractivity contribution < 1.29 is 0 Å². The van der Waals surface area contributed by atoms with Gasteiger partial charge in [-0.05, 0) is 38.3 Å². The van der Waals surface area contributed by atoms with Gasteiger partial charge in [-0.25, -0.2) is 0 Å². The number of nitrogens with zero attached hydrogens (tertiary/aromatic N) is 1. The molecule has 2 aromatic rings. The van der Waals surface area contributed by atoms with Gasteiger partial charge in [0, 0.05) is 17.1 Å². The van der Waals surface area contributed by atoms with Crippen LogP contribution in [0.1, 0.15) is 24.6 Å². The molecule has 1 N–H and O–H groups in total. The summed E-state index contributed by atoms with van der Waals surface area (Å²) in [5.41, 5.74) is 4.87. The van der Waals surface area contributed by atoms with Gasteiger partial charge in [-0.2, -0.15) is 0 Å². The first-order valence-electron chi connectivity index (χ1n) is 5.90. The van der Waals surface area contributed by atoms with Crippen LogP contribution in [0, 0.1) is 6.92 Å². The molecule has 0 radical (unpaired) electrons. The smallest absolute Gasteiger partial charge is 0.0939 e. The second kappa shape index (κ2) is 3.48. The standard InChI is InChI=1S/C14H16N2/c1-9-3-5-11-7-8-12-6-4-10(2)16-14(12)13(11)15-9/h3,5,7-8,10,16H,4,6H2,1-2H3/t10-/m1/s1. The van der Waals surface area contributed by atoms with Crippen molar-refractivity contribution in [1.29, 1.82) is 0 Å². The average molecular weight is 212 g/mol. The zero-order valence-corrected chi connectivity index (χ0v) is 9.75. The summed E-state index contributed by atoms with van der Waals surface area (Å²) in [4.78, 5) is 4.66. The van der Waals surface area contributed by atoms with Crippen LogP contribution in [0.5, 0.6) is 0 Å². The van der Waals surface area contributed by atoms with E-state index < -0.39 is 0 Å². The number of benzene rings is 1. The minimum absolute atomic E-state index is 0.556. The second-order valence-electron chi connectivity index (χ2n) is 4.71. The molecule has 1 aliphatic rings. The Morgan fingerprint density at radius 3 is 2.94 bits per heavy atom. The molecule has 2 heteroatoms. The number of nitrogens with one attached hydrogen (secondary N) is 1. The normalized spacial score (nSPS) is 19.2. The fraction of sp³-hybridized carbons (Fsp3) is 0.357. The van der Waals surface area contributed by atoms with Crippen LogP contribution in [-0.4, -0.2) is 11.0 Å². The number of fused-ring (bicyclic) bond motifs is 3. The molecule has 1 aromatic carbocycles. The Balaban J connectivity index is 2.28. The number of hydrogen-bond donors (Lipinski definition) is 1. The first-order chi connectivity index (χ1) is 7.74. The van der Waals surface area contributed by atoms with Crippen molar-refractivity contribution in [2.45, 2.75) is 32.7 Å². The van der Waals surface area contributed by atoms with Gasteiger partial charge in [-0.3, -0.25) is 4.98 Å². The van der Waals surface area contributed by atoms with Gasteiger partial charge < -0.3 is 5.32 Å². The van der Waals surface area contributed by atoms with E-state index in [1.165, 1.54) is 23.1 Å². The molecular formula is C14H16N2. The highest BCUT2D eigenvalue weighted by atomic mass is 14.9. The Morgan fingerprint density at radius 1 is 1.25 bits per heavy atom. The number of pyridine rings is 1. The van der Waals surface area contributed by atoms with Gasteiger partial charge in [0.1, 0.15) is 0 Å². The summed E-state index contributed by atoms with van der Waals surface area (Å²) in [6.45, 7) is 4.28. The van der Waals surface area contributed by atoms with Gasteiger partial charge in [-0.1, -0.05) is 18.2 Å².